The van der Waals surface area contributed by atoms with Gasteiger partial charge in [-0.2, -0.15) is 5.10 Å². The van der Waals surface area contributed by atoms with Gasteiger partial charge in [0.15, 0.2) is 11.4 Å². The number of aromatic nitrogens is 2. The molecule has 0 saturated carbocycles. The van der Waals surface area contributed by atoms with Crippen LogP contribution in [0.3, 0.4) is 0 Å². The monoisotopic (exact) mass is 304 g/mol. The van der Waals surface area contributed by atoms with E-state index in [4.69, 9.17) is 0 Å². The first-order valence-electron chi connectivity index (χ1n) is 7.11. The summed E-state index contributed by atoms with van der Waals surface area (Å²) in [6.07, 6.45) is 2.20. The molecule has 1 aromatic heterocycles. The van der Waals surface area contributed by atoms with Crippen molar-refractivity contribution in [2.75, 3.05) is 13.1 Å². The third-order valence-electron chi connectivity index (χ3n) is 3.71. The topological polar surface area (TPSA) is 79.2 Å². The van der Waals surface area contributed by atoms with Gasteiger partial charge in [-0.05, 0) is 43.7 Å². The average Bonchev–Trinajstić information content (AvgIpc) is 3.08. The van der Waals surface area contributed by atoms with Gasteiger partial charge in [0, 0.05) is 12.6 Å². The zero-order chi connectivity index (χ0) is 15.7. The van der Waals surface area contributed by atoms with Gasteiger partial charge in [0.1, 0.15) is 5.82 Å². The van der Waals surface area contributed by atoms with Gasteiger partial charge in [-0.3, -0.25) is 4.79 Å². The van der Waals surface area contributed by atoms with Crippen LogP contribution in [0.4, 0.5) is 4.39 Å². The summed E-state index contributed by atoms with van der Waals surface area (Å²) >= 11 is 0. The number of carbonyl (C=O) groups excluding carboxylic acids is 1. The Labute approximate surface area is 127 Å². The second kappa shape index (κ2) is 5.76. The third kappa shape index (κ3) is 2.80. The first-order chi connectivity index (χ1) is 10.5. The number of aryl methyl sites for hydroxylation is 1. The van der Waals surface area contributed by atoms with Crippen molar-refractivity contribution in [3.8, 4) is 11.4 Å². The molecular weight excluding hydrogens is 287 g/mol. The SMILES string of the molecule is Cc1cc(F)ccc1-n1cc(O)c(C(=O)NC2CCNC2)n1. The van der Waals surface area contributed by atoms with Crippen molar-refractivity contribution in [3.05, 3.63) is 41.5 Å². The van der Waals surface area contributed by atoms with Crippen molar-refractivity contribution in [2.24, 2.45) is 0 Å². The quantitative estimate of drug-likeness (QED) is 0.794. The summed E-state index contributed by atoms with van der Waals surface area (Å²) in [5.41, 5.74) is 1.24. The van der Waals surface area contributed by atoms with E-state index in [2.05, 4.69) is 15.7 Å². The van der Waals surface area contributed by atoms with Crippen LogP contribution in [0.2, 0.25) is 0 Å². The summed E-state index contributed by atoms with van der Waals surface area (Å²) in [6, 6.07) is 4.28. The molecule has 0 aliphatic carbocycles. The highest BCUT2D eigenvalue weighted by atomic mass is 19.1. The largest absolute Gasteiger partial charge is 0.504 e. The maximum Gasteiger partial charge on any atom is 0.275 e. The summed E-state index contributed by atoms with van der Waals surface area (Å²) < 4.78 is 14.5. The molecule has 1 atom stereocenters. The zero-order valence-electron chi connectivity index (χ0n) is 12.1. The lowest BCUT2D eigenvalue weighted by atomic mass is 10.2. The number of hydrogen-bond acceptors (Lipinski definition) is 4. The summed E-state index contributed by atoms with van der Waals surface area (Å²) in [5.74, 6) is -0.957. The third-order valence-corrected chi connectivity index (χ3v) is 3.71. The summed E-state index contributed by atoms with van der Waals surface area (Å²) in [4.78, 5) is 12.2. The molecule has 7 heteroatoms. The van der Waals surface area contributed by atoms with Crippen LogP contribution in [-0.2, 0) is 0 Å². The standard InChI is InChI=1S/C15H17FN4O2/c1-9-6-10(16)2-3-12(9)20-8-13(21)14(19-20)15(22)18-11-4-5-17-7-11/h2-3,6,8,11,17,21H,4-5,7H2,1H3,(H,18,22). The van der Waals surface area contributed by atoms with Crippen molar-refractivity contribution in [1.82, 2.24) is 20.4 Å². The van der Waals surface area contributed by atoms with Crippen LogP contribution in [0.1, 0.15) is 22.5 Å². The molecule has 2 aromatic rings. The molecule has 0 bridgehead atoms. The van der Waals surface area contributed by atoms with E-state index in [1.165, 1.54) is 23.0 Å². The molecule has 2 heterocycles. The average molecular weight is 304 g/mol. The molecule has 3 rings (SSSR count). The lowest BCUT2D eigenvalue weighted by Gasteiger charge is -2.09. The fourth-order valence-corrected chi connectivity index (χ4v) is 2.56. The number of carbonyl (C=O) groups is 1. The first-order valence-corrected chi connectivity index (χ1v) is 7.11. The lowest BCUT2D eigenvalue weighted by Crippen LogP contribution is -2.36. The van der Waals surface area contributed by atoms with Gasteiger partial charge in [-0.25, -0.2) is 9.07 Å². The molecule has 116 valence electrons. The molecule has 0 spiro atoms. The minimum atomic E-state index is -0.412. The van der Waals surface area contributed by atoms with Crippen LogP contribution in [0, 0.1) is 12.7 Å². The normalized spacial score (nSPS) is 17.6. The van der Waals surface area contributed by atoms with Crippen molar-refractivity contribution in [2.45, 2.75) is 19.4 Å². The number of nitrogens with one attached hydrogen (secondary N) is 2. The van der Waals surface area contributed by atoms with Gasteiger partial charge in [0.05, 0.1) is 11.9 Å². The van der Waals surface area contributed by atoms with Gasteiger partial charge < -0.3 is 15.7 Å². The Morgan fingerprint density at radius 3 is 3.05 bits per heavy atom. The van der Waals surface area contributed by atoms with Crippen molar-refractivity contribution >= 4 is 5.91 Å². The first kappa shape index (κ1) is 14.5. The van der Waals surface area contributed by atoms with E-state index in [-0.39, 0.29) is 23.3 Å². The van der Waals surface area contributed by atoms with E-state index in [0.717, 1.165) is 13.0 Å². The molecule has 1 amide bonds. The highest BCUT2D eigenvalue weighted by molar-refractivity contribution is 5.95. The molecule has 6 nitrogen and oxygen atoms in total. The Hall–Kier alpha value is -2.41. The van der Waals surface area contributed by atoms with Crippen molar-refractivity contribution in [1.29, 1.82) is 0 Å². The van der Waals surface area contributed by atoms with E-state index in [1.54, 1.807) is 13.0 Å². The minimum Gasteiger partial charge on any atom is -0.504 e. The summed E-state index contributed by atoms with van der Waals surface area (Å²) in [7, 11) is 0. The second-order valence-electron chi connectivity index (χ2n) is 5.40. The van der Waals surface area contributed by atoms with E-state index in [1.807, 2.05) is 0 Å². The molecule has 1 fully saturated rings. The predicted molar refractivity (Wildman–Crippen MR) is 78.7 cm³/mol. The number of amides is 1. The van der Waals surface area contributed by atoms with Crippen LogP contribution < -0.4 is 10.6 Å². The molecule has 0 radical (unpaired) electrons. The molecule has 1 unspecified atom stereocenters. The molecule has 3 N–H and O–H groups in total. The number of rotatable bonds is 3. The maximum atomic E-state index is 13.2. The highest BCUT2D eigenvalue weighted by Gasteiger charge is 2.22. The number of benzene rings is 1. The van der Waals surface area contributed by atoms with Gasteiger partial charge in [-0.15, -0.1) is 0 Å². The molecule has 22 heavy (non-hydrogen) atoms. The predicted octanol–water partition coefficient (Wildman–Crippen LogP) is 1.12. The molecular formula is C15H17FN4O2. The minimum absolute atomic E-state index is 0.0318. The van der Waals surface area contributed by atoms with Gasteiger partial charge in [0.2, 0.25) is 0 Å². The van der Waals surface area contributed by atoms with Crippen molar-refractivity contribution < 1.29 is 14.3 Å². The second-order valence-corrected chi connectivity index (χ2v) is 5.40. The smallest absolute Gasteiger partial charge is 0.275 e. The molecule has 1 aliphatic heterocycles. The summed E-state index contributed by atoms with van der Waals surface area (Å²) in [6.45, 7) is 3.31. The number of hydrogen-bond donors (Lipinski definition) is 3. The Morgan fingerprint density at radius 1 is 1.55 bits per heavy atom. The number of nitrogens with zero attached hydrogens (tertiary/aromatic N) is 2. The van der Waals surface area contributed by atoms with Gasteiger partial charge >= 0.3 is 0 Å². The summed E-state index contributed by atoms with van der Waals surface area (Å²) in [5, 5.41) is 20.0. The fraction of sp³-hybridized carbons (Fsp3) is 0.333. The molecule has 1 saturated heterocycles. The van der Waals surface area contributed by atoms with Gasteiger partial charge in [-0.1, -0.05) is 0 Å². The van der Waals surface area contributed by atoms with E-state index in [9.17, 15) is 14.3 Å². The number of aromatic hydroxyl groups is 1. The Balaban J connectivity index is 1.85. The number of halogens is 1. The Morgan fingerprint density at radius 2 is 2.36 bits per heavy atom. The maximum absolute atomic E-state index is 13.2. The van der Waals surface area contributed by atoms with Crippen LogP contribution in [0.15, 0.2) is 24.4 Å². The van der Waals surface area contributed by atoms with Crippen LogP contribution in [0.5, 0.6) is 5.75 Å². The van der Waals surface area contributed by atoms with Crippen molar-refractivity contribution in [3.63, 3.8) is 0 Å². The van der Waals surface area contributed by atoms with E-state index in [0.29, 0.717) is 17.8 Å². The Bertz CT molecular complexity index is 708. The lowest BCUT2D eigenvalue weighted by molar-refractivity contribution is 0.0932. The van der Waals surface area contributed by atoms with Crippen LogP contribution in [-0.4, -0.2) is 39.9 Å². The van der Waals surface area contributed by atoms with E-state index < -0.39 is 5.91 Å². The molecule has 1 aliphatic rings. The van der Waals surface area contributed by atoms with Gasteiger partial charge in [0.25, 0.3) is 5.91 Å². The fourth-order valence-electron chi connectivity index (χ4n) is 2.56. The molecule has 1 aromatic carbocycles. The van der Waals surface area contributed by atoms with E-state index >= 15 is 0 Å². The van der Waals surface area contributed by atoms with Crippen LogP contribution in [0.25, 0.3) is 5.69 Å². The highest BCUT2D eigenvalue weighted by Crippen LogP contribution is 2.21. The Kier molecular flexibility index (Phi) is 3.81. The zero-order valence-corrected chi connectivity index (χ0v) is 12.1. The van der Waals surface area contributed by atoms with Crippen LogP contribution >= 0.6 is 0 Å².